The molecule has 1 rings (SSSR count). The van der Waals surface area contributed by atoms with Crippen LogP contribution in [0.4, 0.5) is 0 Å². The summed E-state index contributed by atoms with van der Waals surface area (Å²) < 4.78 is 24.3. The summed E-state index contributed by atoms with van der Waals surface area (Å²) in [6, 6.07) is 8.34. The van der Waals surface area contributed by atoms with Crippen molar-refractivity contribution >= 4 is 29.8 Å². The molecule has 0 aliphatic heterocycles. The fourth-order valence-electron chi connectivity index (χ4n) is 0.567. The van der Waals surface area contributed by atoms with E-state index in [0.29, 0.717) is 5.75 Å². The van der Waals surface area contributed by atoms with Gasteiger partial charge in [0.05, 0.1) is 0 Å². The van der Waals surface area contributed by atoms with Crippen molar-refractivity contribution in [1.29, 1.82) is 0 Å². The Hall–Kier alpha value is -0.433. The first-order valence-corrected chi connectivity index (χ1v) is 3.76. The van der Waals surface area contributed by atoms with Crippen LogP contribution in [0.5, 0.6) is 5.75 Å². The van der Waals surface area contributed by atoms with Gasteiger partial charge in [0.25, 0.3) is 11.0 Å². The van der Waals surface area contributed by atoms with E-state index >= 15 is 0 Å². The number of hydrogen-bond donors (Lipinski definition) is 1. The molecule has 0 atom stereocenters. The van der Waals surface area contributed by atoms with Gasteiger partial charge in [-0.15, -0.1) is 0 Å². The van der Waals surface area contributed by atoms with Gasteiger partial charge < -0.3 is 4.18 Å². The molecule has 1 aromatic rings. The Labute approximate surface area is 78.7 Å². The summed E-state index contributed by atoms with van der Waals surface area (Å²) in [6.45, 7) is 0. The molecular weight excluding hydrogens is 159 g/mol. The summed E-state index contributed by atoms with van der Waals surface area (Å²) in [4.78, 5) is 0. The van der Waals surface area contributed by atoms with Gasteiger partial charge in [0.2, 0.25) is 0 Å². The van der Waals surface area contributed by atoms with E-state index in [-0.39, 0.29) is 18.9 Å². The van der Waals surface area contributed by atoms with Gasteiger partial charge in [0.15, 0.2) is 0 Å². The second-order valence-electron chi connectivity index (χ2n) is 1.63. The normalized spacial score (nSPS) is 8.82. The molecule has 0 heterocycles. The molecule has 0 fully saturated rings. The van der Waals surface area contributed by atoms with E-state index in [1.165, 1.54) is 0 Å². The average Bonchev–Trinajstić information content (AvgIpc) is 1.88. The van der Waals surface area contributed by atoms with Gasteiger partial charge in [0, 0.05) is 0 Å². The maximum atomic E-state index is 9.98. The Morgan fingerprint density at radius 3 is 2.09 bits per heavy atom. The van der Waals surface area contributed by atoms with E-state index in [4.69, 9.17) is 0 Å². The minimum absolute atomic E-state index is 0. The van der Waals surface area contributed by atoms with Crippen LogP contribution in [0, 0.1) is 0 Å². The maximum absolute atomic E-state index is 9.98. The molecule has 0 aliphatic carbocycles. The Bertz CT molecular complexity index is 262. The van der Waals surface area contributed by atoms with Crippen LogP contribution in [-0.2, 0) is 11.0 Å². The van der Waals surface area contributed by atoms with Crippen LogP contribution in [0.2, 0.25) is 0 Å². The molecule has 0 saturated carbocycles. The van der Waals surface area contributed by atoms with Crippen LogP contribution in [0.25, 0.3) is 0 Å². The van der Waals surface area contributed by atoms with E-state index in [9.17, 15) is 8.42 Å². The van der Waals surface area contributed by atoms with Crippen molar-refractivity contribution in [3.63, 3.8) is 0 Å². The van der Waals surface area contributed by atoms with E-state index < -0.39 is 11.0 Å². The molecule has 1 aromatic carbocycles. The summed E-state index contributed by atoms with van der Waals surface area (Å²) >= 11 is 0. The summed E-state index contributed by atoms with van der Waals surface area (Å²) in [5, 5.41) is 0. The molecule has 0 unspecified atom stereocenters. The molecule has 0 spiro atoms. The summed E-state index contributed by atoms with van der Waals surface area (Å²) in [5.74, 6) is 0.346. The van der Waals surface area contributed by atoms with Gasteiger partial charge in [-0.1, -0.05) is 18.2 Å². The van der Waals surface area contributed by atoms with E-state index in [2.05, 4.69) is 4.18 Å². The molecule has 0 bridgehead atoms. The van der Waals surface area contributed by atoms with Crippen molar-refractivity contribution in [2.24, 2.45) is 0 Å². The zero-order valence-corrected chi connectivity index (χ0v) is 5.95. The quantitative estimate of drug-likeness (QED) is 0.494. The molecule has 0 saturated heterocycles. The number of hydrogen-bond acceptors (Lipinski definition) is 3. The molecule has 0 N–H and O–H groups in total. The molecule has 3 nitrogen and oxygen atoms in total. The number of para-hydroxylation sites is 1. The molecule has 0 radical (unpaired) electrons. The van der Waals surface area contributed by atoms with Gasteiger partial charge in [-0.2, -0.15) is 8.42 Å². The number of rotatable bonds is 2. The third-order valence-corrected chi connectivity index (χ3v) is 1.28. The Morgan fingerprint density at radius 1 is 1.09 bits per heavy atom. The first-order chi connectivity index (χ1) is 4.79. The second kappa shape index (κ2) is 5.25. The monoisotopic (exact) mass is 166 g/mol. The Balaban J connectivity index is 0.000001000. The van der Waals surface area contributed by atoms with Crippen LogP contribution in [0.15, 0.2) is 30.3 Å². The summed E-state index contributed by atoms with van der Waals surface area (Å²) in [5.41, 5.74) is 0. The SMILES string of the molecule is O=[SH](=O)Oc1ccccc1.[LiH]. The van der Waals surface area contributed by atoms with Gasteiger partial charge in [-0.05, 0) is 12.1 Å². The molecule has 5 heteroatoms. The molecule has 0 amide bonds. The zero-order valence-electron chi connectivity index (χ0n) is 5.06. The van der Waals surface area contributed by atoms with Crippen LogP contribution >= 0.6 is 0 Å². The van der Waals surface area contributed by atoms with Crippen molar-refractivity contribution in [3.8, 4) is 5.75 Å². The topological polar surface area (TPSA) is 43.4 Å². The first kappa shape index (κ1) is 10.6. The van der Waals surface area contributed by atoms with E-state index in [1.807, 2.05) is 0 Å². The second-order valence-corrected chi connectivity index (χ2v) is 2.26. The van der Waals surface area contributed by atoms with Crippen LogP contribution in [0.3, 0.4) is 0 Å². The van der Waals surface area contributed by atoms with E-state index in [1.54, 1.807) is 30.3 Å². The van der Waals surface area contributed by atoms with Crippen molar-refractivity contribution < 1.29 is 12.6 Å². The molecule has 11 heavy (non-hydrogen) atoms. The molecular formula is C6H7LiO3S. The third-order valence-electron chi connectivity index (χ3n) is 0.923. The zero-order chi connectivity index (χ0) is 7.40. The summed E-state index contributed by atoms with van der Waals surface area (Å²) in [7, 11) is -2.78. The predicted molar refractivity (Wildman–Crippen MR) is 44.5 cm³/mol. The third kappa shape index (κ3) is 4.09. The molecule has 56 valence electrons. The standard InChI is InChI=1S/C6H6O3S.Li.H/c7-10(8)9-6-4-2-1-3-5-6;;/h1-5,10H;;. The van der Waals surface area contributed by atoms with Crippen molar-refractivity contribution in [2.45, 2.75) is 0 Å². The van der Waals surface area contributed by atoms with Gasteiger partial charge in [-0.3, -0.25) is 0 Å². The Morgan fingerprint density at radius 2 is 1.64 bits per heavy atom. The van der Waals surface area contributed by atoms with Gasteiger partial charge in [-0.25, -0.2) is 0 Å². The van der Waals surface area contributed by atoms with Crippen LogP contribution < -0.4 is 4.18 Å². The number of benzene rings is 1. The Kier molecular flexibility index (Phi) is 5.04. The fourth-order valence-corrected chi connectivity index (χ4v) is 0.861. The molecule has 0 aromatic heterocycles. The predicted octanol–water partition coefficient (Wildman–Crippen LogP) is -0.0567. The van der Waals surface area contributed by atoms with Crippen LogP contribution in [-0.4, -0.2) is 27.3 Å². The van der Waals surface area contributed by atoms with Crippen molar-refractivity contribution in [2.75, 3.05) is 0 Å². The van der Waals surface area contributed by atoms with Gasteiger partial charge >= 0.3 is 18.9 Å². The molecule has 0 aliphatic rings. The van der Waals surface area contributed by atoms with Gasteiger partial charge in [0.1, 0.15) is 5.75 Å². The van der Waals surface area contributed by atoms with E-state index in [0.717, 1.165) is 0 Å². The summed E-state index contributed by atoms with van der Waals surface area (Å²) in [6.07, 6.45) is 0. The van der Waals surface area contributed by atoms with Crippen LogP contribution in [0.1, 0.15) is 0 Å². The van der Waals surface area contributed by atoms with Crippen molar-refractivity contribution in [3.05, 3.63) is 30.3 Å². The fraction of sp³-hybridized carbons (Fsp3) is 0. The average molecular weight is 166 g/mol. The van der Waals surface area contributed by atoms with Crippen molar-refractivity contribution in [1.82, 2.24) is 0 Å². The first-order valence-electron chi connectivity index (χ1n) is 2.66. The number of thiol groups is 1. The minimum atomic E-state index is -2.78.